The minimum Gasteiger partial charge on any atom is -0.314 e. The van der Waals surface area contributed by atoms with E-state index in [1.165, 1.54) is 6.07 Å². The topological polar surface area (TPSA) is 15.3 Å². The standard InChI is InChI=1S/C12H17FN2S/c13-11-2-1-3-12(10-11)16-9-8-15-6-4-14-5-7-15/h1-3,10,14H,4-9H2. The second kappa shape index (κ2) is 6.23. The fourth-order valence-electron chi connectivity index (χ4n) is 1.78. The van der Waals surface area contributed by atoms with Gasteiger partial charge in [-0.3, -0.25) is 4.90 Å². The lowest BCUT2D eigenvalue weighted by Gasteiger charge is -2.26. The molecule has 0 bridgehead atoms. The molecule has 0 atom stereocenters. The highest BCUT2D eigenvalue weighted by Gasteiger charge is 2.08. The van der Waals surface area contributed by atoms with Crippen molar-refractivity contribution < 1.29 is 4.39 Å². The molecule has 1 aromatic rings. The van der Waals surface area contributed by atoms with E-state index in [9.17, 15) is 4.39 Å². The number of nitrogens with zero attached hydrogens (tertiary/aromatic N) is 1. The van der Waals surface area contributed by atoms with Gasteiger partial charge in [0.05, 0.1) is 0 Å². The van der Waals surface area contributed by atoms with Crippen LogP contribution in [-0.2, 0) is 0 Å². The van der Waals surface area contributed by atoms with E-state index in [2.05, 4.69) is 10.2 Å². The van der Waals surface area contributed by atoms with Crippen molar-refractivity contribution in [3.63, 3.8) is 0 Å². The summed E-state index contributed by atoms with van der Waals surface area (Å²) in [7, 11) is 0. The highest BCUT2D eigenvalue weighted by molar-refractivity contribution is 7.99. The van der Waals surface area contributed by atoms with Crippen molar-refractivity contribution in [1.82, 2.24) is 10.2 Å². The quantitative estimate of drug-likeness (QED) is 0.808. The van der Waals surface area contributed by atoms with Crippen LogP contribution in [0, 0.1) is 5.82 Å². The molecule has 16 heavy (non-hydrogen) atoms. The smallest absolute Gasteiger partial charge is 0.124 e. The maximum absolute atomic E-state index is 12.9. The number of hydrogen-bond acceptors (Lipinski definition) is 3. The minimum atomic E-state index is -0.146. The number of hydrogen-bond donors (Lipinski definition) is 1. The van der Waals surface area contributed by atoms with E-state index in [4.69, 9.17) is 0 Å². The van der Waals surface area contributed by atoms with E-state index < -0.39 is 0 Å². The molecule has 0 amide bonds. The van der Waals surface area contributed by atoms with Crippen molar-refractivity contribution in [2.45, 2.75) is 4.90 Å². The van der Waals surface area contributed by atoms with Gasteiger partial charge in [0.15, 0.2) is 0 Å². The molecule has 1 saturated heterocycles. The highest BCUT2D eigenvalue weighted by Crippen LogP contribution is 2.18. The van der Waals surface area contributed by atoms with Crippen LogP contribution in [0.25, 0.3) is 0 Å². The minimum absolute atomic E-state index is 0.146. The van der Waals surface area contributed by atoms with Gasteiger partial charge >= 0.3 is 0 Å². The molecule has 0 unspecified atom stereocenters. The average molecular weight is 240 g/mol. The largest absolute Gasteiger partial charge is 0.314 e. The number of thioether (sulfide) groups is 1. The van der Waals surface area contributed by atoms with Crippen LogP contribution in [0.15, 0.2) is 29.2 Å². The first-order valence-corrected chi connectivity index (χ1v) is 6.64. The number of halogens is 1. The molecule has 0 aromatic heterocycles. The van der Waals surface area contributed by atoms with E-state index in [0.717, 1.165) is 43.4 Å². The molecular weight excluding hydrogens is 223 g/mol. The summed E-state index contributed by atoms with van der Waals surface area (Å²) in [5.74, 6) is 0.885. The van der Waals surface area contributed by atoms with Crippen molar-refractivity contribution in [1.29, 1.82) is 0 Å². The summed E-state index contributed by atoms with van der Waals surface area (Å²) in [5, 5.41) is 3.33. The second-order valence-corrected chi connectivity index (χ2v) is 5.07. The third kappa shape index (κ3) is 3.77. The molecule has 1 fully saturated rings. The summed E-state index contributed by atoms with van der Waals surface area (Å²) in [5.41, 5.74) is 0. The van der Waals surface area contributed by atoms with Crippen LogP contribution in [0.3, 0.4) is 0 Å². The van der Waals surface area contributed by atoms with Gasteiger partial charge in [-0.1, -0.05) is 6.07 Å². The Labute approximate surface area is 100 Å². The summed E-state index contributed by atoms with van der Waals surface area (Å²) in [4.78, 5) is 3.47. The molecule has 88 valence electrons. The van der Waals surface area contributed by atoms with Crippen LogP contribution in [0.1, 0.15) is 0 Å². The lowest BCUT2D eigenvalue weighted by molar-refractivity contribution is 0.255. The Morgan fingerprint density at radius 3 is 2.88 bits per heavy atom. The van der Waals surface area contributed by atoms with Gasteiger partial charge < -0.3 is 5.32 Å². The lowest BCUT2D eigenvalue weighted by Crippen LogP contribution is -2.44. The molecule has 4 heteroatoms. The van der Waals surface area contributed by atoms with Crippen LogP contribution in [-0.4, -0.2) is 43.4 Å². The summed E-state index contributed by atoms with van der Waals surface area (Å²) in [6.45, 7) is 5.52. The number of piperazine rings is 1. The van der Waals surface area contributed by atoms with Crippen LogP contribution < -0.4 is 5.32 Å². The van der Waals surface area contributed by atoms with Gasteiger partial charge in [0.2, 0.25) is 0 Å². The van der Waals surface area contributed by atoms with Gasteiger partial charge in [-0.15, -0.1) is 11.8 Å². The van der Waals surface area contributed by atoms with E-state index in [-0.39, 0.29) is 5.82 Å². The van der Waals surface area contributed by atoms with E-state index in [1.807, 2.05) is 6.07 Å². The first kappa shape index (κ1) is 11.9. The molecule has 0 saturated carbocycles. The molecule has 2 rings (SSSR count). The molecule has 1 aromatic carbocycles. The van der Waals surface area contributed by atoms with Crippen molar-refractivity contribution in [3.8, 4) is 0 Å². The molecule has 1 aliphatic rings. The lowest BCUT2D eigenvalue weighted by atomic mass is 10.3. The summed E-state index contributed by atoms with van der Waals surface area (Å²) < 4.78 is 12.9. The van der Waals surface area contributed by atoms with Crippen molar-refractivity contribution in [2.75, 3.05) is 38.5 Å². The average Bonchev–Trinajstić information content (AvgIpc) is 2.30. The third-order valence-corrected chi connectivity index (χ3v) is 3.66. The maximum Gasteiger partial charge on any atom is 0.124 e. The first-order valence-electron chi connectivity index (χ1n) is 5.66. The Bertz CT molecular complexity index is 327. The number of nitrogens with one attached hydrogen (secondary N) is 1. The Hall–Kier alpha value is -0.580. The molecule has 0 spiro atoms. The molecular formula is C12H17FN2S. The van der Waals surface area contributed by atoms with Crippen LogP contribution in [0.4, 0.5) is 4.39 Å². The zero-order valence-electron chi connectivity index (χ0n) is 9.29. The van der Waals surface area contributed by atoms with Gasteiger partial charge in [-0.05, 0) is 18.2 Å². The third-order valence-electron chi connectivity index (χ3n) is 2.68. The molecule has 2 nitrogen and oxygen atoms in total. The Kier molecular flexibility index (Phi) is 4.63. The predicted octanol–water partition coefficient (Wildman–Crippen LogP) is 1.82. The zero-order chi connectivity index (χ0) is 11.2. The Balaban J connectivity index is 1.71. The van der Waals surface area contributed by atoms with Gasteiger partial charge in [0, 0.05) is 43.4 Å². The van der Waals surface area contributed by atoms with Gasteiger partial charge in [-0.25, -0.2) is 4.39 Å². The fourth-order valence-corrected chi connectivity index (χ4v) is 2.74. The highest BCUT2D eigenvalue weighted by atomic mass is 32.2. The van der Waals surface area contributed by atoms with E-state index in [0.29, 0.717) is 0 Å². The second-order valence-electron chi connectivity index (χ2n) is 3.90. The van der Waals surface area contributed by atoms with Gasteiger partial charge in [0.25, 0.3) is 0 Å². The predicted molar refractivity (Wildman–Crippen MR) is 66.4 cm³/mol. The van der Waals surface area contributed by atoms with Crippen molar-refractivity contribution >= 4 is 11.8 Å². The number of rotatable bonds is 4. The van der Waals surface area contributed by atoms with Crippen LogP contribution in [0.2, 0.25) is 0 Å². The Morgan fingerprint density at radius 1 is 1.31 bits per heavy atom. The molecule has 0 aliphatic carbocycles. The molecule has 1 N–H and O–H groups in total. The zero-order valence-corrected chi connectivity index (χ0v) is 10.1. The maximum atomic E-state index is 12.9. The van der Waals surface area contributed by atoms with Crippen molar-refractivity contribution in [2.24, 2.45) is 0 Å². The summed E-state index contributed by atoms with van der Waals surface area (Å²) in [6.07, 6.45) is 0. The molecule has 1 aliphatic heterocycles. The van der Waals surface area contributed by atoms with Crippen molar-refractivity contribution in [3.05, 3.63) is 30.1 Å². The normalized spacial score (nSPS) is 17.6. The number of benzene rings is 1. The summed E-state index contributed by atoms with van der Waals surface area (Å²) >= 11 is 1.73. The van der Waals surface area contributed by atoms with E-state index >= 15 is 0 Å². The molecule has 1 heterocycles. The summed E-state index contributed by atoms with van der Waals surface area (Å²) in [6, 6.07) is 6.82. The van der Waals surface area contributed by atoms with E-state index in [1.54, 1.807) is 23.9 Å². The molecule has 0 radical (unpaired) electrons. The van der Waals surface area contributed by atoms with Gasteiger partial charge in [-0.2, -0.15) is 0 Å². The fraction of sp³-hybridized carbons (Fsp3) is 0.500. The first-order chi connectivity index (χ1) is 7.84. The van der Waals surface area contributed by atoms with Crippen LogP contribution >= 0.6 is 11.8 Å². The SMILES string of the molecule is Fc1cccc(SCCN2CCNCC2)c1. The Morgan fingerprint density at radius 2 is 2.12 bits per heavy atom. The van der Waals surface area contributed by atoms with Crippen LogP contribution in [0.5, 0.6) is 0 Å². The van der Waals surface area contributed by atoms with Gasteiger partial charge in [0.1, 0.15) is 5.82 Å². The monoisotopic (exact) mass is 240 g/mol.